The third-order valence-corrected chi connectivity index (χ3v) is 4.76. The van der Waals surface area contributed by atoms with Gasteiger partial charge in [-0.25, -0.2) is 0 Å². The van der Waals surface area contributed by atoms with E-state index in [2.05, 4.69) is 21.7 Å². The van der Waals surface area contributed by atoms with Crippen molar-refractivity contribution in [2.75, 3.05) is 13.1 Å². The molecule has 0 saturated carbocycles. The second-order valence-electron chi connectivity index (χ2n) is 5.35. The number of pyridine rings is 1. The second-order valence-corrected chi connectivity index (χ2v) is 6.35. The third-order valence-electron chi connectivity index (χ3n) is 3.74. The number of carbonyl (C=O) groups excluding carboxylic acids is 1. The highest BCUT2D eigenvalue weighted by atomic mass is 32.1. The van der Waals surface area contributed by atoms with Crippen LogP contribution in [0.15, 0.2) is 29.8 Å². The van der Waals surface area contributed by atoms with Crippen LogP contribution in [0, 0.1) is 6.92 Å². The Kier molecular flexibility index (Phi) is 4.31. The summed E-state index contributed by atoms with van der Waals surface area (Å²) in [5.41, 5.74) is 3.42. The van der Waals surface area contributed by atoms with E-state index in [-0.39, 0.29) is 5.91 Å². The van der Waals surface area contributed by atoms with Crippen molar-refractivity contribution in [3.63, 3.8) is 0 Å². The Bertz CT molecular complexity index is 621. The molecule has 2 aromatic heterocycles. The number of carbonyl (C=O) groups is 1. The molecule has 21 heavy (non-hydrogen) atoms. The van der Waals surface area contributed by atoms with Crippen LogP contribution in [-0.2, 0) is 24.3 Å². The molecule has 2 aromatic rings. The Labute approximate surface area is 128 Å². The molecular weight excluding hydrogens is 282 g/mol. The normalized spacial score (nSPS) is 14.0. The van der Waals surface area contributed by atoms with E-state index in [0.717, 1.165) is 30.8 Å². The zero-order chi connectivity index (χ0) is 14.7. The largest absolute Gasteiger partial charge is 0.337 e. The van der Waals surface area contributed by atoms with Gasteiger partial charge in [-0.2, -0.15) is 0 Å². The summed E-state index contributed by atoms with van der Waals surface area (Å²) in [6, 6.07) is 6.16. The zero-order valence-corrected chi connectivity index (χ0v) is 12.9. The van der Waals surface area contributed by atoms with Gasteiger partial charge in [-0.1, -0.05) is 6.07 Å². The van der Waals surface area contributed by atoms with Gasteiger partial charge in [0.15, 0.2) is 0 Å². The summed E-state index contributed by atoms with van der Waals surface area (Å²) in [7, 11) is 0. The topological polar surface area (TPSA) is 45.2 Å². The fourth-order valence-corrected chi connectivity index (χ4v) is 3.38. The standard InChI is InChI=1S/C16H19N3OS/c1-12-2-3-13(9-18-12)8-17-10-16(20)19-6-4-15-14(11-19)5-7-21-15/h2-3,5,7,9,17H,4,6,8,10-11H2,1H3. The van der Waals surface area contributed by atoms with Crippen LogP contribution in [0.2, 0.25) is 0 Å². The molecule has 0 atom stereocenters. The molecule has 4 nitrogen and oxygen atoms in total. The van der Waals surface area contributed by atoms with Gasteiger partial charge in [-0.05, 0) is 42.0 Å². The van der Waals surface area contributed by atoms with Crippen molar-refractivity contribution in [1.29, 1.82) is 0 Å². The van der Waals surface area contributed by atoms with Gasteiger partial charge >= 0.3 is 0 Å². The fourth-order valence-electron chi connectivity index (χ4n) is 2.49. The van der Waals surface area contributed by atoms with Gasteiger partial charge < -0.3 is 10.2 Å². The molecule has 5 heteroatoms. The summed E-state index contributed by atoms with van der Waals surface area (Å²) in [4.78, 5) is 19.8. The van der Waals surface area contributed by atoms with E-state index in [1.165, 1.54) is 10.4 Å². The average molecular weight is 301 g/mol. The zero-order valence-electron chi connectivity index (χ0n) is 12.1. The van der Waals surface area contributed by atoms with E-state index < -0.39 is 0 Å². The van der Waals surface area contributed by atoms with Crippen LogP contribution in [0.25, 0.3) is 0 Å². The molecule has 1 aliphatic rings. The molecule has 0 saturated heterocycles. The number of aryl methyl sites for hydroxylation is 1. The lowest BCUT2D eigenvalue weighted by Gasteiger charge is -2.27. The Morgan fingerprint density at radius 1 is 1.43 bits per heavy atom. The van der Waals surface area contributed by atoms with Crippen molar-refractivity contribution in [3.8, 4) is 0 Å². The Morgan fingerprint density at radius 2 is 2.33 bits per heavy atom. The highest BCUT2D eigenvalue weighted by Gasteiger charge is 2.20. The van der Waals surface area contributed by atoms with Crippen LogP contribution in [-0.4, -0.2) is 28.9 Å². The van der Waals surface area contributed by atoms with Gasteiger partial charge in [0.05, 0.1) is 6.54 Å². The number of nitrogens with one attached hydrogen (secondary N) is 1. The number of rotatable bonds is 4. The number of aromatic nitrogens is 1. The van der Waals surface area contributed by atoms with Crippen LogP contribution in [0.4, 0.5) is 0 Å². The molecular formula is C16H19N3OS. The van der Waals surface area contributed by atoms with E-state index in [9.17, 15) is 4.79 Å². The van der Waals surface area contributed by atoms with E-state index in [4.69, 9.17) is 0 Å². The smallest absolute Gasteiger partial charge is 0.236 e. The quantitative estimate of drug-likeness (QED) is 0.941. The minimum absolute atomic E-state index is 0.173. The predicted octanol–water partition coefficient (Wildman–Crippen LogP) is 2.13. The SMILES string of the molecule is Cc1ccc(CNCC(=O)N2CCc3sccc3C2)cn1. The van der Waals surface area contributed by atoms with Crippen molar-refractivity contribution >= 4 is 17.2 Å². The van der Waals surface area contributed by atoms with Crippen molar-refractivity contribution in [2.45, 2.75) is 26.4 Å². The highest BCUT2D eigenvalue weighted by molar-refractivity contribution is 7.10. The summed E-state index contributed by atoms with van der Waals surface area (Å²) in [6.07, 6.45) is 2.84. The van der Waals surface area contributed by atoms with Crippen molar-refractivity contribution in [1.82, 2.24) is 15.2 Å². The molecule has 0 aromatic carbocycles. The van der Waals surface area contributed by atoms with Crippen molar-refractivity contribution in [3.05, 3.63) is 51.5 Å². The molecule has 110 valence electrons. The first kappa shape index (κ1) is 14.2. The number of nitrogens with zero attached hydrogens (tertiary/aromatic N) is 2. The molecule has 1 amide bonds. The van der Waals surface area contributed by atoms with Gasteiger partial charge in [0.25, 0.3) is 0 Å². The van der Waals surface area contributed by atoms with Gasteiger partial charge in [0.1, 0.15) is 0 Å². The maximum Gasteiger partial charge on any atom is 0.236 e. The summed E-state index contributed by atoms with van der Waals surface area (Å²) < 4.78 is 0. The maximum absolute atomic E-state index is 12.2. The molecule has 0 radical (unpaired) electrons. The van der Waals surface area contributed by atoms with E-state index in [0.29, 0.717) is 13.1 Å². The lowest BCUT2D eigenvalue weighted by Crippen LogP contribution is -2.40. The first-order chi connectivity index (χ1) is 10.2. The summed E-state index contributed by atoms with van der Waals surface area (Å²) in [5.74, 6) is 0.173. The fraction of sp³-hybridized carbons (Fsp3) is 0.375. The van der Waals surface area contributed by atoms with Crippen LogP contribution in [0.5, 0.6) is 0 Å². The molecule has 1 aliphatic heterocycles. The van der Waals surface area contributed by atoms with Crippen molar-refractivity contribution < 1.29 is 4.79 Å². The number of fused-ring (bicyclic) bond motifs is 1. The van der Waals surface area contributed by atoms with Gasteiger partial charge in [-0.15, -0.1) is 11.3 Å². The Balaban J connectivity index is 1.48. The molecule has 0 fully saturated rings. The van der Waals surface area contributed by atoms with Crippen molar-refractivity contribution in [2.24, 2.45) is 0 Å². The lowest BCUT2D eigenvalue weighted by molar-refractivity contribution is -0.131. The first-order valence-electron chi connectivity index (χ1n) is 7.17. The number of hydrogen-bond donors (Lipinski definition) is 1. The number of amides is 1. The maximum atomic E-state index is 12.2. The molecule has 1 N–H and O–H groups in total. The molecule has 3 rings (SSSR count). The highest BCUT2D eigenvalue weighted by Crippen LogP contribution is 2.23. The monoisotopic (exact) mass is 301 g/mol. The summed E-state index contributed by atoms with van der Waals surface area (Å²) in [6.45, 7) is 4.62. The van der Waals surface area contributed by atoms with Gasteiger partial charge in [0, 0.05) is 36.4 Å². The molecule has 3 heterocycles. The average Bonchev–Trinajstić information content (AvgIpc) is 2.96. The van der Waals surface area contributed by atoms with E-state index in [1.807, 2.05) is 30.2 Å². The van der Waals surface area contributed by atoms with Crippen LogP contribution in [0.1, 0.15) is 21.7 Å². The lowest BCUT2D eigenvalue weighted by atomic mass is 10.1. The molecule has 0 bridgehead atoms. The van der Waals surface area contributed by atoms with Crippen LogP contribution < -0.4 is 5.32 Å². The molecule has 0 aliphatic carbocycles. The van der Waals surface area contributed by atoms with Gasteiger partial charge in [-0.3, -0.25) is 9.78 Å². The van der Waals surface area contributed by atoms with E-state index in [1.54, 1.807) is 11.3 Å². The van der Waals surface area contributed by atoms with Crippen LogP contribution in [0.3, 0.4) is 0 Å². The van der Waals surface area contributed by atoms with Gasteiger partial charge in [0.2, 0.25) is 5.91 Å². The Hall–Kier alpha value is -1.72. The third kappa shape index (κ3) is 3.49. The minimum Gasteiger partial charge on any atom is -0.337 e. The second kappa shape index (κ2) is 6.37. The predicted molar refractivity (Wildman–Crippen MR) is 84.1 cm³/mol. The molecule has 0 spiro atoms. The number of thiophene rings is 1. The number of hydrogen-bond acceptors (Lipinski definition) is 4. The first-order valence-corrected chi connectivity index (χ1v) is 8.05. The summed E-state index contributed by atoms with van der Waals surface area (Å²) >= 11 is 1.79. The van der Waals surface area contributed by atoms with E-state index >= 15 is 0 Å². The Morgan fingerprint density at radius 3 is 3.14 bits per heavy atom. The summed E-state index contributed by atoms with van der Waals surface area (Å²) in [5, 5.41) is 5.32. The molecule has 0 unspecified atom stereocenters. The minimum atomic E-state index is 0.173. The van der Waals surface area contributed by atoms with Crippen LogP contribution >= 0.6 is 11.3 Å².